The molecule has 0 radical (unpaired) electrons. The Kier molecular flexibility index (Phi) is 9.03. The molecule has 1 heterocycles. The fourth-order valence-corrected chi connectivity index (χ4v) is 4.36. The van der Waals surface area contributed by atoms with E-state index in [4.69, 9.17) is 9.47 Å². The van der Waals surface area contributed by atoms with Crippen molar-refractivity contribution < 1.29 is 33.0 Å². The molecule has 9 heteroatoms. The van der Waals surface area contributed by atoms with E-state index >= 15 is 0 Å². The molecule has 2 aromatic rings. The summed E-state index contributed by atoms with van der Waals surface area (Å²) in [7, 11) is 0. The van der Waals surface area contributed by atoms with Crippen LogP contribution in [0.5, 0.6) is 0 Å². The van der Waals surface area contributed by atoms with Gasteiger partial charge in [-0.05, 0) is 56.9 Å². The minimum Gasteiger partial charge on any atom is -0.444 e. The van der Waals surface area contributed by atoms with E-state index in [1.165, 1.54) is 11.8 Å². The van der Waals surface area contributed by atoms with Crippen LogP contribution < -0.4 is 5.32 Å². The van der Waals surface area contributed by atoms with Crippen molar-refractivity contribution in [1.82, 2.24) is 10.2 Å². The Morgan fingerprint density at radius 3 is 2.33 bits per heavy atom. The average Bonchev–Trinajstić information content (AvgIpc) is 3.20. The van der Waals surface area contributed by atoms with Gasteiger partial charge in [0.1, 0.15) is 17.2 Å². The second-order valence-corrected chi connectivity index (χ2v) is 10.1. The number of nitrogens with one attached hydrogen (secondary N) is 1. The molecular weight excluding hydrogens is 470 g/mol. The van der Waals surface area contributed by atoms with Crippen molar-refractivity contribution in [2.24, 2.45) is 0 Å². The predicted octanol–water partition coefficient (Wildman–Crippen LogP) is 3.97. The quantitative estimate of drug-likeness (QED) is 0.568. The molecule has 2 aromatic carbocycles. The summed E-state index contributed by atoms with van der Waals surface area (Å²) in [6, 6.07) is 11.0. The van der Waals surface area contributed by atoms with Crippen molar-refractivity contribution in [3.8, 4) is 0 Å². The largest absolute Gasteiger partial charge is 0.444 e. The van der Waals surface area contributed by atoms with E-state index in [0.717, 1.165) is 23.8 Å². The van der Waals surface area contributed by atoms with Gasteiger partial charge in [0.15, 0.2) is 0 Å². The van der Waals surface area contributed by atoms with E-state index in [1.807, 2.05) is 30.3 Å². The number of ether oxygens (including phenoxy) is 2. The van der Waals surface area contributed by atoms with Crippen molar-refractivity contribution in [2.45, 2.75) is 77.0 Å². The summed E-state index contributed by atoms with van der Waals surface area (Å²) in [6.45, 7) is 7.04. The van der Waals surface area contributed by atoms with Crippen LogP contribution in [0, 0.1) is 11.6 Å². The lowest BCUT2D eigenvalue weighted by atomic mass is 9.94. The van der Waals surface area contributed by atoms with Gasteiger partial charge in [0.05, 0.1) is 37.4 Å². The first-order valence-corrected chi connectivity index (χ1v) is 12.0. The summed E-state index contributed by atoms with van der Waals surface area (Å²) < 4.78 is 39.1. The van der Waals surface area contributed by atoms with Gasteiger partial charge in [-0.3, -0.25) is 9.69 Å². The van der Waals surface area contributed by atoms with Gasteiger partial charge < -0.3 is 19.9 Å². The SMILES string of the molecule is CC(=O)N[C@@H](Cc1cc(F)cc(F)c1)[C@H](O)[C@H]1C[C@@H](OCc2ccccc2)CN1C(=O)OC(C)(C)C. The Hall–Kier alpha value is -3.04. The minimum absolute atomic E-state index is 0.0381. The molecule has 0 saturated carbocycles. The zero-order chi connectivity index (χ0) is 26.5. The van der Waals surface area contributed by atoms with Crippen molar-refractivity contribution in [3.05, 3.63) is 71.3 Å². The van der Waals surface area contributed by atoms with Crippen molar-refractivity contribution in [1.29, 1.82) is 0 Å². The fraction of sp³-hybridized carbons (Fsp3) is 0.481. The standard InChI is InChI=1S/C27H34F2N2O5/c1-17(32)30-23(12-19-10-20(28)13-21(29)11-19)25(33)24-14-22(35-16-18-8-6-5-7-9-18)15-31(24)26(34)36-27(2,3)4/h5-11,13,22-25,33H,12,14-16H2,1-4H3,(H,30,32)/t22-,23+,24-,25+/m1/s1. The summed E-state index contributed by atoms with van der Waals surface area (Å²) in [6.07, 6.45) is -2.00. The highest BCUT2D eigenvalue weighted by molar-refractivity contribution is 5.73. The Balaban J connectivity index is 1.82. The molecular formula is C27H34F2N2O5. The van der Waals surface area contributed by atoms with Crippen LogP contribution in [0.15, 0.2) is 48.5 Å². The second-order valence-electron chi connectivity index (χ2n) is 10.1. The van der Waals surface area contributed by atoms with E-state index in [1.54, 1.807) is 20.8 Å². The molecule has 2 amide bonds. The zero-order valence-corrected chi connectivity index (χ0v) is 21.0. The maximum Gasteiger partial charge on any atom is 0.410 e. The molecule has 3 rings (SSSR count). The molecule has 0 bridgehead atoms. The Morgan fingerprint density at radius 1 is 1.11 bits per heavy atom. The maximum atomic E-state index is 13.8. The molecule has 2 N–H and O–H groups in total. The molecule has 196 valence electrons. The van der Waals surface area contributed by atoms with Crippen molar-refractivity contribution in [3.63, 3.8) is 0 Å². The van der Waals surface area contributed by atoms with Gasteiger partial charge in [0, 0.05) is 13.0 Å². The number of nitrogens with zero attached hydrogens (tertiary/aromatic N) is 1. The molecule has 0 aromatic heterocycles. The van der Waals surface area contributed by atoms with Gasteiger partial charge in [-0.1, -0.05) is 30.3 Å². The number of aliphatic hydroxyl groups excluding tert-OH is 1. The molecule has 1 saturated heterocycles. The van der Waals surface area contributed by atoms with Gasteiger partial charge >= 0.3 is 6.09 Å². The molecule has 7 nitrogen and oxygen atoms in total. The number of amides is 2. The van der Waals surface area contributed by atoms with Crippen LogP contribution in [0.1, 0.15) is 45.2 Å². The summed E-state index contributed by atoms with van der Waals surface area (Å²) in [5.41, 5.74) is 0.477. The number of halogens is 2. The molecule has 1 fully saturated rings. The second kappa shape index (κ2) is 11.8. The van der Waals surface area contributed by atoms with Gasteiger partial charge in [-0.2, -0.15) is 0 Å². The van der Waals surface area contributed by atoms with Crippen molar-refractivity contribution in [2.75, 3.05) is 6.54 Å². The number of carbonyl (C=O) groups is 2. The fourth-order valence-electron chi connectivity index (χ4n) is 4.36. The molecule has 1 aliphatic heterocycles. The van der Waals surface area contributed by atoms with E-state index < -0.39 is 47.4 Å². The van der Waals surface area contributed by atoms with E-state index in [2.05, 4.69) is 5.32 Å². The Morgan fingerprint density at radius 2 is 1.75 bits per heavy atom. The van der Waals surface area contributed by atoms with Gasteiger partial charge in [-0.15, -0.1) is 0 Å². The first-order chi connectivity index (χ1) is 16.9. The minimum atomic E-state index is -1.25. The number of likely N-dealkylation sites (tertiary alicyclic amines) is 1. The molecule has 0 unspecified atom stereocenters. The molecule has 1 aliphatic rings. The van der Waals surface area contributed by atoms with E-state index in [0.29, 0.717) is 13.0 Å². The smallest absolute Gasteiger partial charge is 0.410 e. The number of rotatable bonds is 8. The average molecular weight is 505 g/mol. The Bertz CT molecular complexity index is 1020. The summed E-state index contributed by atoms with van der Waals surface area (Å²) >= 11 is 0. The van der Waals surface area contributed by atoms with Crippen molar-refractivity contribution >= 4 is 12.0 Å². The van der Waals surface area contributed by atoms with Crippen LogP contribution in [0.2, 0.25) is 0 Å². The monoisotopic (exact) mass is 504 g/mol. The van der Waals surface area contributed by atoms with Crippen LogP contribution in [0.4, 0.5) is 13.6 Å². The lowest BCUT2D eigenvalue weighted by molar-refractivity contribution is -0.120. The zero-order valence-electron chi connectivity index (χ0n) is 21.0. The third kappa shape index (κ3) is 7.99. The van der Waals surface area contributed by atoms with Crippen LogP contribution >= 0.6 is 0 Å². The maximum absolute atomic E-state index is 13.8. The van der Waals surface area contributed by atoms with Gasteiger partial charge in [-0.25, -0.2) is 13.6 Å². The predicted molar refractivity (Wildman–Crippen MR) is 130 cm³/mol. The summed E-state index contributed by atoms with van der Waals surface area (Å²) in [5.74, 6) is -1.94. The lowest BCUT2D eigenvalue weighted by Crippen LogP contribution is -2.54. The molecule has 0 aliphatic carbocycles. The number of hydrogen-bond donors (Lipinski definition) is 2. The normalized spacial score (nSPS) is 19.6. The summed E-state index contributed by atoms with van der Waals surface area (Å²) in [5, 5.41) is 14.0. The molecule has 36 heavy (non-hydrogen) atoms. The van der Waals surface area contributed by atoms with Gasteiger partial charge in [0.2, 0.25) is 5.91 Å². The molecule has 0 spiro atoms. The highest BCUT2D eigenvalue weighted by atomic mass is 19.1. The number of hydrogen-bond acceptors (Lipinski definition) is 5. The summed E-state index contributed by atoms with van der Waals surface area (Å²) in [4.78, 5) is 26.4. The topological polar surface area (TPSA) is 88.1 Å². The highest BCUT2D eigenvalue weighted by Crippen LogP contribution is 2.28. The van der Waals surface area contributed by atoms with Crippen LogP contribution in [-0.4, -0.2) is 58.4 Å². The van der Waals surface area contributed by atoms with Crippen LogP contribution in [0.3, 0.4) is 0 Å². The first-order valence-electron chi connectivity index (χ1n) is 12.0. The van der Waals surface area contributed by atoms with E-state index in [9.17, 15) is 23.5 Å². The first kappa shape index (κ1) is 27.5. The third-order valence-electron chi connectivity index (χ3n) is 5.83. The number of aliphatic hydroxyl groups is 1. The van der Waals surface area contributed by atoms with Crippen LogP contribution in [-0.2, 0) is 27.3 Å². The Labute approximate surface area is 210 Å². The third-order valence-corrected chi connectivity index (χ3v) is 5.83. The molecule has 4 atom stereocenters. The number of benzene rings is 2. The van der Waals surface area contributed by atoms with E-state index in [-0.39, 0.29) is 24.6 Å². The number of carbonyl (C=O) groups excluding carboxylic acids is 2. The highest BCUT2D eigenvalue weighted by Gasteiger charge is 2.44. The van der Waals surface area contributed by atoms with Gasteiger partial charge in [0.25, 0.3) is 0 Å². The lowest BCUT2D eigenvalue weighted by Gasteiger charge is -2.34. The van der Waals surface area contributed by atoms with Crippen LogP contribution in [0.25, 0.3) is 0 Å².